The lowest BCUT2D eigenvalue weighted by Gasteiger charge is -2.33. The van der Waals surface area contributed by atoms with Crippen LogP contribution >= 0.6 is 0 Å². The SMILES string of the molecule is CC(C)C(=O)N1CCC[C@H](C(=O)NCCOc2ccc(F)cc2)C1. The fourth-order valence-electron chi connectivity index (χ4n) is 2.77. The number of nitrogens with zero attached hydrogens (tertiary/aromatic N) is 1. The maximum atomic E-state index is 12.8. The number of halogens is 1. The zero-order valence-corrected chi connectivity index (χ0v) is 14.3. The normalized spacial score (nSPS) is 17.7. The Labute approximate surface area is 142 Å². The molecule has 2 amide bonds. The molecular formula is C18H25FN2O3. The summed E-state index contributed by atoms with van der Waals surface area (Å²) in [5.41, 5.74) is 0. The minimum Gasteiger partial charge on any atom is -0.492 e. The third-order valence-corrected chi connectivity index (χ3v) is 4.08. The highest BCUT2D eigenvalue weighted by Crippen LogP contribution is 2.18. The van der Waals surface area contributed by atoms with Gasteiger partial charge < -0.3 is 15.0 Å². The highest BCUT2D eigenvalue weighted by atomic mass is 19.1. The lowest BCUT2D eigenvalue weighted by atomic mass is 9.96. The summed E-state index contributed by atoms with van der Waals surface area (Å²) >= 11 is 0. The number of likely N-dealkylation sites (tertiary alicyclic amines) is 1. The molecule has 132 valence electrons. The molecule has 1 heterocycles. The van der Waals surface area contributed by atoms with Crippen LogP contribution in [0.5, 0.6) is 5.75 Å². The van der Waals surface area contributed by atoms with Crippen LogP contribution in [0.3, 0.4) is 0 Å². The third-order valence-electron chi connectivity index (χ3n) is 4.08. The maximum Gasteiger partial charge on any atom is 0.225 e. The number of hydrogen-bond acceptors (Lipinski definition) is 3. The van der Waals surface area contributed by atoms with Crippen LogP contribution in [0.15, 0.2) is 24.3 Å². The van der Waals surface area contributed by atoms with Crippen molar-refractivity contribution in [2.75, 3.05) is 26.2 Å². The van der Waals surface area contributed by atoms with E-state index in [4.69, 9.17) is 4.74 Å². The van der Waals surface area contributed by atoms with E-state index in [9.17, 15) is 14.0 Å². The fraction of sp³-hybridized carbons (Fsp3) is 0.556. The molecule has 1 N–H and O–H groups in total. The van der Waals surface area contributed by atoms with E-state index in [0.29, 0.717) is 25.4 Å². The summed E-state index contributed by atoms with van der Waals surface area (Å²) in [5.74, 6) is 0.111. The maximum absolute atomic E-state index is 12.8. The molecule has 0 saturated carbocycles. The highest BCUT2D eigenvalue weighted by molar-refractivity contribution is 5.82. The number of nitrogens with one attached hydrogen (secondary N) is 1. The molecule has 1 fully saturated rings. The Balaban J connectivity index is 1.71. The number of benzene rings is 1. The van der Waals surface area contributed by atoms with Crippen molar-refractivity contribution in [2.45, 2.75) is 26.7 Å². The number of ether oxygens (including phenoxy) is 1. The summed E-state index contributed by atoms with van der Waals surface area (Å²) in [5, 5.41) is 2.85. The number of rotatable bonds is 6. The van der Waals surface area contributed by atoms with Gasteiger partial charge in [-0.1, -0.05) is 13.8 Å². The van der Waals surface area contributed by atoms with Crippen LogP contribution in [0, 0.1) is 17.7 Å². The summed E-state index contributed by atoms with van der Waals surface area (Å²) in [6.07, 6.45) is 1.65. The van der Waals surface area contributed by atoms with Crippen LogP contribution in [0.1, 0.15) is 26.7 Å². The van der Waals surface area contributed by atoms with E-state index in [-0.39, 0.29) is 29.5 Å². The van der Waals surface area contributed by atoms with Gasteiger partial charge in [-0.15, -0.1) is 0 Å². The van der Waals surface area contributed by atoms with E-state index >= 15 is 0 Å². The number of carbonyl (C=O) groups excluding carboxylic acids is 2. The van der Waals surface area contributed by atoms with E-state index in [0.717, 1.165) is 19.4 Å². The molecular weight excluding hydrogens is 311 g/mol. The van der Waals surface area contributed by atoms with Crippen LogP contribution in [0.25, 0.3) is 0 Å². The zero-order valence-electron chi connectivity index (χ0n) is 14.3. The van der Waals surface area contributed by atoms with Gasteiger partial charge in [-0.2, -0.15) is 0 Å². The van der Waals surface area contributed by atoms with Gasteiger partial charge in [-0.05, 0) is 37.1 Å². The molecule has 0 unspecified atom stereocenters. The first-order valence-corrected chi connectivity index (χ1v) is 8.42. The molecule has 1 aliphatic rings. The molecule has 5 nitrogen and oxygen atoms in total. The van der Waals surface area contributed by atoms with Crippen LogP contribution in [0.4, 0.5) is 4.39 Å². The number of piperidine rings is 1. The molecule has 0 spiro atoms. The third kappa shape index (κ3) is 5.22. The average molecular weight is 336 g/mol. The largest absolute Gasteiger partial charge is 0.492 e. The molecule has 24 heavy (non-hydrogen) atoms. The van der Waals surface area contributed by atoms with Crippen molar-refractivity contribution in [3.63, 3.8) is 0 Å². The molecule has 1 atom stereocenters. The first kappa shape index (κ1) is 18.2. The van der Waals surface area contributed by atoms with Crippen LogP contribution in [0.2, 0.25) is 0 Å². The van der Waals surface area contributed by atoms with Crippen molar-refractivity contribution in [3.05, 3.63) is 30.1 Å². The van der Waals surface area contributed by atoms with Crippen molar-refractivity contribution in [1.29, 1.82) is 0 Å². The van der Waals surface area contributed by atoms with Crippen molar-refractivity contribution >= 4 is 11.8 Å². The topological polar surface area (TPSA) is 58.6 Å². The quantitative estimate of drug-likeness (QED) is 0.811. The van der Waals surface area contributed by atoms with Gasteiger partial charge in [0.2, 0.25) is 11.8 Å². The Morgan fingerprint density at radius 3 is 2.71 bits per heavy atom. The summed E-state index contributed by atoms with van der Waals surface area (Å²) in [7, 11) is 0. The van der Waals surface area contributed by atoms with Crippen molar-refractivity contribution in [3.8, 4) is 5.75 Å². The van der Waals surface area contributed by atoms with Gasteiger partial charge in [0.15, 0.2) is 0 Å². The molecule has 1 aromatic carbocycles. The van der Waals surface area contributed by atoms with Crippen LogP contribution < -0.4 is 10.1 Å². The molecule has 6 heteroatoms. The van der Waals surface area contributed by atoms with Crippen LogP contribution in [-0.2, 0) is 9.59 Å². The summed E-state index contributed by atoms with van der Waals surface area (Å²) in [4.78, 5) is 26.1. The van der Waals surface area contributed by atoms with Crippen molar-refractivity contribution in [1.82, 2.24) is 10.2 Å². The molecule has 2 rings (SSSR count). The monoisotopic (exact) mass is 336 g/mol. The van der Waals surface area contributed by atoms with Gasteiger partial charge in [0.05, 0.1) is 12.5 Å². The van der Waals surface area contributed by atoms with Crippen molar-refractivity contribution < 1.29 is 18.7 Å². The Bertz CT molecular complexity index is 560. The highest BCUT2D eigenvalue weighted by Gasteiger charge is 2.29. The predicted octanol–water partition coefficient (Wildman–Crippen LogP) is 2.22. The minimum atomic E-state index is -0.312. The van der Waals surface area contributed by atoms with Crippen molar-refractivity contribution in [2.24, 2.45) is 11.8 Å². The predicted molar refractivity (Wildman–Crippen MR) is 89.0 cm³/mol. The Morgan fingerprint density at radius 2 is 2.04 bits per heavy atom. The molecule has 1 saturated heterocycles. The first-order valence-electron chi connectivity index (χ1n) is 8.42. The summed E-state index contributed by atoms with van der Waals surface area (Å²) < 4.78 is 18.2. The van der Waals surface area contributed by atoms with E-state index in [1.807, 2.05) is 13.8 Å². The standard InChI is InChI=1S/C18H25FN2O3/c1-13(2)18(23)21-10-3-4-14(12-21)17(22)20-9-11-24-16-7-5-15(19)6-8-16/h5-8,13-14H,3-4,9-12H2,1-2H3,(H,20,22)/t14-/m0/s1. The smallest absolute Gasteiger partial charge is 0.225 e. The number of hydrogen-bond donors (Lipinski definition) is 1. The van der Waals surface area contributed by atoms with Crippen LogP contribution in [-0.4, -0.2) is 43.0 Å². The lowest BCUT2D eigenvalue weighted by molar-refractivity contribution is -0.138. The lowest BCUT2D eigenvalue weighted by Crippen LogP contribution is -2.47. The molecule has 1 aromatic rings. The van der Waals surface area contributed by atoms with Gasteiger partial charge in [0, 0.05) is 19.0 Å². The number of carbonyl (C=O) groups is 2. The molecule has 0 radical (unpaired) electrons. The van der Waals surface area contributed by atoms with Gasteiger partial charge in [-0.3, -0.25) is 9.59 Å². The zero-order chi connectivity index (χ0) is 17.5. The average Bonchev–Trinajstić information content (AvgIpc) is 2.59. The van der Waals surface area contributed by atoms with Gasteiger partial charge in [-0.25, -0.2) is 4.39 Å². The van der Waals surface area contributed by atoms with Gasteiger partial charge in [0.1, 0.15) is 18.2 Å². The second kappa shape index (κ2) is 8.66. The molecule has 0 aromatic heterocycles. The molecule has 1 aliphatic heterocycles. The Hall–Kier alpha value is -2.11. The Morgan fingerprint density at radius 1 is 1.33 bits per heavy atom. The second-order valence-corrected chi connectivity index (χ2v) is 6.37. The van der Waals surface area contributed by atoms with E-state index in [1.165, 1.54) is 12.1 Å². The first-order chi connectivity index (χ1) is 11.5. The van der Waals surface area contributed by atoms with Gasteiger partial charge in [0.25, 0.3) is 0 Å². The molecule has 0 aliphatic carbocycles. The minimum absolute atomic E-state index is 0.0426. The summed E-state index contributed by atoms with van der Waals surface area (Å²) in [6, 6.07) is 5.76. The van der Waals surface area contributed by atoms with Gasteiger partial charge >= 0.3 is 0 Å². The van der Waals surface area contributed by atoms with E-state index < -0.39 is 0 Å². The van der Waals surface area contributed by atoms with E-state index in [1.54, 1.807) is 17.0 Å². The summed E-state index contributed by atoms with van der Waals surface area (Å²) in [6.45, 7) is 5.66. The number of amides is 2. The second-order valence-electron chi connectivity index (χ2n) is 6.37. The fourth-order valence-corrected chi connectivity index (χ4v) is 2.77. The van der Waals surface area contributed by atoms with E-state index in [2.05, 4.69) is 5.32 Å². The molecule has 0 bridgehead atoms. The Kier molecular flexibility index (Phi) is 6.58.